The maximum Gasteiger partial charge on any atom is 0.306 e. The molecule has 1 heterocycles. The molecule has 2 aromatic rings. The molecule has 1 aromatic carbocycles. The van der Waals surface area contributed by atoms with Crippen molar-refractivity contribution in [1.29, 1.82) is 0 Å². The number of hydrogen-bond acceptors (Lipinski definition) is 4. The van der Waals surface area contributed by atoms with Gasteiger partial charge in [-0.25, -0.2) is 4.98 Å². The van der Waals surface area contributed by atoms with E-state index in [9.17, 15) is 4.79 Å². The van der Waals surface area contributed by atoms with E-state index in [2.05, 4.69) is 12.2 Å². The van der Waals surface area contributed by atoms with Crippen LogP contribution in [0.3, 0.4) is 0 Å². The van der Waals surface area contributed by atoms with Gasteiger partial charge in [-0.3, -0.25) is 4.79 Å². The maximum absolute atomic E-state index is 11.1. The lowest BCUT2D eigenvalue weighted by atomic mass is 9.86. The Hall–Kier alpha value is -1.43. The third kappa shape index (κ3) is 4.40. The molecule has 0 radical (unpaired) electrons. The molecule has 1 fully saturated rings. The number of nitrogens with zero attached hydrogens (tertiary/aromatic N) is 1. The number of hydrogen-bond donors (Lipinski definition) is 2. The van der Waals surface area contributed by atoms with E-state index in [0.717, 1.165) is 47.0 Å². The normalized spacial score (nSPS) is 21.9. The van der Waals surface area contributed by atoms with Crippen molar-refractivity contribution in [3.05, 3.63) is 39.9 Å². The minimum atomic E-state index is -0.655. The first-order chi connectivity index (χ1) is 11.9. The Labute approximate surface area is 157 Å². The van der Waals surface area contributed by atoms with Crippen LogP contribution in [0.4, 0.5) is 0 Å². The first-order valence-electron chi connectivity index (χ1n) is 8.66. The lowest BCUT2D eigenvalue weighted by Gasteiger charge is -2.29. The molecule has 0 spiro atoms. The van der Waals surface area contributed by atoms with E-state index in [1.807, 2.05) is 31.2 Å². The number of halogens is 1. The molecule has 3 rings (SSSR count). The van der Waals surface area contributed by atoms with Crippen LogP contribution in [0.15, 0.2) is 24.3 Å². The zero-order chi connectivity index (χ0) is 18.0. The number of benzene rings is 1. The summed E-state index contributed by atoms with van der Waals surface area (Å²) in [5, 5.41) is 14.5. The third-order valence-electron chi connectivity index (χ3n) is 4.88. The average molecular weight is 379 g/mol. The molecule has 1 aromatic heterocycles. The van der Waals surface area contributed by atoms with Crippen molar-refractivity contribution in [2.75, 3.05) is 0 Å². The van der Waals surface area contributed by atoms with Gasteiger partial charge in [0.25, 0.3) is 0 Å². The Bertz CT molecular complexity index is 736. The van der Waals surface area contributed by atoms with Crippen molar-refractivity contribution < 1.29 is 9.90 Å². The van der Waals surface area contributed by atoms with Crippen molar-refractivity contribution in [2.45, 2.75) is 51.6 Å². The van der Waals surface area contributed by atoms with Gasteiger partial charge < -0.3 is 10.4 Å². The third-order valence-corrected chi connectivity index (χ3v) is 6.52. The number of aromatic nitrogens is 1. The molecule has 1 aliphatic rings. The van der Waals surface area contributed by atoms with Crippen molar-refractivity contribution in [2.24, 2.45) is 5.92 Å². The number of aryl methyl sites for hydroxylation is 1. The molecule has 0 saturated heterocycles. The summed E-state index contributed by atoms with van der Waals surface area (Å²) < 4.78 is 0. The highest BCUT2D eigenvalue weighted by molar-refractivity contribution is 7.15. The van der Waals surface area contributed by atoms with Gasteiger partial charge in [-0.15, -0.1) is 11.3 Å². The van der Waals surface area contributed by atoms with Gasteiger partial charge in [0.2, 0.25) is 0 Å². The van der Waals surface area contributed by atoms with E-state index in [1.165, 1.54) is 4.88 Å². The Kier molecular flexibility index (Phi) is 5.77. The van der Waals surface area contributed by atoms with Crippen LogP contribution in [0.5, 0.6) is 0 Å². The molecule has 6 heteroatoms. The minimum absolute atomic E-state index is 0.171. The summed E-state index contributed by atoms with van der Waals surface area (Å²) in [6, 6.07) is 8.35. The molecule has 134 valence electrons. The smallest absolute Gasteiger partial charge is 0.306 e. The van der Waals surface area contributed by atoms with E-state index >= 15 is 0 Å². The quantitative estimate of drug-likeness (QED) is 0.762. The van der Waals surface area contributed by atoms with E-state index in [-0.39, 0.29) is 12.0 Å². The molecule has 0 amide bonds. The summed E-state index contributed by atoms with van der Waals surface area (Å²) in [7, 11) is 0. The van der Waals surface area contributed by atoms with Crippen molar-refractivity contribution in [3.8, 4) is 10.6 Å². The van der Waals surface area contributed by atoms with Crippen molar-refractivity contribution in [3.63, 3.8) is 0 Å². The number of rotatable bonds is 5. The van der Waals surface area contributed by atoms with Crippen LogP contribution in [0.25, 0.3) is 10.6 Å². The Morgan fingerprint density at radius 2 is 1.92 bits per heavy atom. The zero-order valence-corrected chi connectivity index (χ0v) is 16.0. The molecule has 0 bridgehead atoms. The lowest BCUT2D eigenvalue weighted by molar-refractivity contribution is -0.142. The van der Waals surface area contributed by atoms with E-state index in [4.69, 9.17) is 21.7 Å². The molecule has 4 nitrogen and oxygen atoms in total. The molecule has 1 aliphatic carbocycles. The molecule has 25 heavy (non-hydrogen) atoms. The summed E-state index contributed by atoms with van der Waals surface area (Å²) in [6.07, 6.45) is 3.36. The van der Waals surface area contributed by atoms with Crippen LogP contribution in [-0.2, 0) is 4.79 Å². The lowest BCUT2D eigenvalue weighted by Crippen LogP contribution is -2.36. The Morgan fingerprint density at radius 3 is 2.52 bits per heavy atom. The van der Waals surface area contributed by atoms with Crippen LogP contribution < -0.4 is 5.32 Å². The minimum Gasteiger partial charge on any atom is -0.481 e. The second-order valence-electron chi connectivity index (χ2n) is 6.75. The second kappa shape index (κ2) is 7.85. The van der Waals surface area contributed by atoms with Gasteiger partial charge in [-0.2, -0.15) is 0 Å². The van der Waals surface area contributed by atoms with E-state index in [0.29, 0.717) is 6.04 Å². The number of carboxylic acid groups (broad SMARTS) is 1. The van der Waals surface area contributed by atoms with Gasteiger partial charge in [-0.05, 0) is 51.7 Å². The fraction of sp³-hybridized carbons (Fsp3) is 0.474. The number of nitrogens with one attached hydrogen (secondary N) is 1. The van der Waals surface area contributed by atoms with Gasteiger partial charge in [0.1, 0.15) is 5.01 Å². The predicted molar refractivity (Wildman–Crippen MR) is 102 cm³/mol. The van der Waals surface area contributed by atoms with Gasteiger partial charge in [0.15, 0.2) is 0 Å². The van der Waals surface area contributed by atoms with Crippen molar-refractivity contribution in [1.82, 2.24) is 10.3 Å². The molecular weight excluding hydrogens is 356 g/mol. The molecule has 2 N–H and O–H groups in total. The van der Waals surface area contributed by atoms with Crippen LogP contribution in [-0.4, -0.2) is 22.1 Å². The number of thiazole rings is 1. The summed E-state index contributed by atoms with van der Waals surface area (Å²) in [6.45, 7) is 4.21. The van der Waals surface area contributed by atoms with Crippen LogP contribution in [0.1, 0.15) is 49.2 Å². The monoisotopic (exact) mass is 378 g/mol. The molecular formula is C19H23ClN2O2S. The highest BCUT2D eigenvalue weighted by atomic mass is 35.5. The maximum atomic E-state index is 11.1. The Balaban J connectivity index is 1.66. The largest absolute Gasteiger partial charge is 0.481 e. The first kappa shape index (κ1) is 18.4. The standard InChI is InChI=1S/C19H23ClN2O2S/c1-11(21-16-9-5-14(6-10-16)19(23)24)17-12(2)22-18(25-17)13-3-7-15(20)8-4-13/h3-4,7-8,11,14,16,21H,5-6,9-10H2,1-2H3,(H,23,24). The van der Waals surface area contributed by atoms with Gasteiger partial charge in [0.05, 0.1) is 11.6 Å². The first-order valence-corrected chi connectivity index (χ1v) is 9.85. The molecule has 1 saturated carbocycles. The average Bonchev–Trinajstić information content (AvgIpc) is 2.98. The zero-order valence-electron chi connectivity index (χ0n) is 14.5. The summed E-state index contributed by atoms with van der Waals surface area (Å²) in [4.78, 5) is 17.0. The highest BCUT2D eigenvalue weighted by Crippen LogP contribution is 2.33. The summed E-state index contributed by atoms with van der Waals surface area (Å²) in [5.74, 6) is -0.826. The summed E-state index contributed by atoms with van der Waals surface area (Å²) >= 11 is 7.67. The van der Waals surface area contributed by atoms with Crippen molar-refractivity contribution >= 4 is 28.9 Å². The second-order valence-corrected chi connectivity index (χ2v) is 8.22. The number of aliphatic carboxylic acids is 1. The summed E-state index contributed by atoms with van der Waals surface area (Å²) in [5.41, 5.74) is 2.13. The van der Waals surface area contributed by atoms with Gasteiger partial charge in [0, 0.05) is 27.5 Å². The fourth-order valence-electron chi connectivity index (χ4n) is 3.46. The van der Waals surface area contributed by atoms with E-state index < -0.39 is 5.97 Å². The fourth-order valence-corrected chi connectivity index (χ4v) is 4.67. The number of carbonyl (C=O) groups is 1. The molecule has 1 unspecified atom stereocenters. The SMILES string of the molecule is Cc1nc(-c2ccc(Cl)cc2)sc1C(C)NC1CCC(C(=O)O)CC1. The highest BCUT2D eigenvalue weighted by Gasteiger charge is 2.27. The van der Waals surface area contributed by atoms with Crippen LogP contribution in [0.2, 0.25) is 5.02 Å². The van der Waals surface area contributed by atoms with E-state index in [1.54, 1.807) is 11.3 Å². The molecule has 0 aliphatic heterocycles. The van der Waals surface area contributed by atoms with Gasteiger partial charge in [-0.1, -0.05) is 23.7 Å². The number of carboxylic acids is 1. The van der Waals surface area contributed by atoms with Crippen LogP contribution >= 0.6 is 22.9 Å². The predicted octanol–water partition coefficient (Wildman–Crippen LogP) is 5.07. The van der Waals surface area contributed by atoms with Gasteiger partial charge >= 0.3 is 5.97 Å². The Morgan fingerprint density at radius 1 is 1.28 bits per heavy atom. The molecule has 1 atom stereocenters. The van der Waals surface area contributed by atoms with Crippen LogP contribution in [0, 0.1) is 12.8 Å². The topological polar surface area (TPSA) is 62.2 Å².